The predicted molar refractivity (Wildman–Crippen MR) is 105 cm³/mol. The molecule has 0 spiro atoms. The van der Waals surface area contributed by atoms with E-state index in [-0.39, 0.29) is 17.8 Å². The molecule has 0 unspecified atom stereocenters. The molecule has 0 N–H and O–H groups in total. The first kappa shape index (κ1) is 18.2. The van der Waals surface area contributed by atoms with Gasteiger partial charge in [-0.3, -0.25) is 4.79 Å². The quantitative estimate of drug-likeness (QED) is 0.700. The molecule has 6 nitrogen and oxygen atoms in total. The Morgan fingerprint density at radius 3 is 2.57 bits per heavy atom. The molecule has 1 aromatic heterocycles. The fourth-order valence-corrected chi connectivity index (χ4v) is 3.53. The largest absolute Gasteiger partial charge is 0.368 e. The number of hydrogen-bond donors (Lipinski definition) is 0. The van der Waals surface area contributed by atoms with Gasteiger partial charge in [0, 0.05) is 31.4 Å². The number of aromatic nitrogens is 3. The minimum atomic E-state index is -0.276. The summed E-state index contributed by atoms with van der Waals surface area (Å²) in [5.41, 5.74) is 2.41. The Hall–Kier alpha value is -3.22. The third-order valence-electron chi connectivity index (χ3n) is 5.03. The van der Waals surface area contributed by atoms with Crippen molar-refractivity contribution >= 4 is 11.6 Å². The van der Waals surface area contributed by atoms with Gasteiger partial charge in [0.25, 0.3) is 5.91 Å². The molecule has 28 heavy (non-hydrogen) atoms. The van der Waals surface area contributed by atoms with E-state index in [2.05, 4.69) is 34.3 Å². The number of benzene rings is 2. The maximum Gasteiger partial charge on any atom is 0.276 e. The van der Waals surface area contributed by atoms with Gasteiger partial charge < -0.3 is 9.80 Å². The molecular weight excluding hydrogens is 357 g/mol. The van der Waals surface area contributed by atoms with Crippen LogP contribution in [0.2, 0.25) is 0 Å². The van der Waals surface area contributed by atoms with Gasteiger partial charge in [0.15, 0.2) is 5.69 Å². The van der Waals surface area contributed by atoms with E-state index < -0.39 is 0 Å². The number of carbonyl (C=O) groups is 1. The zero-order valence-corrected chi connectivity index (χ0v) is 15.7. The van der Waals surface area contributed by atoms with Crippen LogP contribution in [0, 0.1) is 5.82 Å². The van der Waals surface area contributed by atoms with E-state index in [0.29, 0.717) is 18.8 Å². The van der Waals surface area contributed by atoms with Crippen LogP contribution in [0.4, 0.5) is 10.1 Å². The van der Waals surface area contributed by atoms with Crippen molar-refractivity contribution < 1.29 is 9.18 Å². The van der Waals surface area contributed by atoms with Crippen LogP contribution < -0.4 is 4.90 Å². The molecule has 1 fully saturated rings. The number of carbonyl (C=O) groups excluding carboxylic acids is 1. The molecule has 0 saturated carbocycles. The minimum absolute atomic E-state index is 0.0729. The van der Waals surface area contributed by atoms with Gasteiger partial charge in [-0.1, -0.05) is 35.5 Å². The van der Waals surface area contributed by atoms with Crippen LogP contribution in [-0.2, 0) is 6.54 Å². The highest BCUT2D eigenvalue weighted by Crippen LogP contribution is 2.20. The highest BCUT2D eigenvalue weighted by Gasteiger charge is 2.29. The number of halogens is 1. The average molecular weight is 379 g/mol. The lowest BCUT2D eigenvalue weighted by atomic mass is 10.1. The normalized spacial score (nSPS) is 17.0. The number of para-hydroxylation sites is 1. The van der Waals surface area contributed by atoms with Crippen molar-refractivity contribution in [2.75, 3.05) is 24.5 Å². The summed E-state index contributed by atoms with van der Waals surface area (Å²) < 4.78 is 14.6. The maximum atomic E-state index is 13.0. The van der Waals surface area contributed by atoms with Gasteiger partial charge >= 0.3 is 0 Å². The van der Waals surface area contributed by atoms with Crippen molar-refractivity contribution in [2.24, 2.45) is 0 Å². The van der Waals surface area contributed by atoms with Crippen molar-refractivity contribution in [3.05, 3.63) is 77.9 Å². The second kappa shape index (κ2) is 7.80. The van der Waals surface area contributed by atoms with Gasteiger partial charge in [-0.2, -0.15) is 0 Å². The molecule has 2 aromatic carbocycles. The predicted octanol–water partition coefficient (Wildman–Crippen LogP) is 2.82. The molecule has 144 valence electrons. The van der Waals surface area contributed by atoms with Crippen molar-refractivity contribution in [3.63, 3.8) is 0 Å². The molecule has 3 aromatic rings. The highest BCUT2D eigenvalue weighted by atomic mass is 19.1. The molecule has 7 heteroatoms. The Balaban J connectivity index is 1.41. The molecule has 1 amide bonds. The first-order valence-corrected chi connectivity index (χ1v) is 9.36. The van der Waals surface area contributed by atoms with Crippen LogP contribution in [-0.4, -0.2) is 51.5 Å². The van der Waals surface area contributed by atoms with Crippen LogP contribution >= 0.6 is 0 Å². The highest BCUT2D eigenvalue weighted by molar-refractivity contribution is 5.92. The second-order valence-corrected chi connectivity index (χ2v) is 7.06. The number of nitrogens with zero attached hydrogens (tertiary/aromatic N) is 5. The second-order valence-electron chi connectivity index (χ2n) is 7.06. The summed E-state index contributed by atoms with van der Waals surface area (Å²) in [6.45, 7) is 4.69. The third-order valence-corrected chi connectivity index (χ3v) is 5.03. The minimum Gasteiger partial charge on any atom is -0.368 e. The third kappa shape index (κ3) is 3.88. The Morgan fingerprint density at radius 1 is 1.11 bits per heavy atom. The molecule has 1 aliphatic rings. The van der Waals surface area contributed by atoms with Crippen LogP contribution in [0.1, 0.15) is 23.0 Å². The smallest absolute Gasteiger partial charge is 0.276 e. The van der Waals surface area contributed by atoms with E-state index in [4.69, 9.17) is 0 Å². The maximum absolute atomic E-state index is 13.0. The Labute approximate surface area is 163 Å². The number of anilines is 1. The first-order chi connectivity index (χ1) is 13.6. The summed E-state index contributed by atoms with van der Waals surface area (Å²) in [4.78, 5) is 17.1. The lowest BCUT2D eigenvalue weighted by molar-refractivity contribution is 0.0668. The molecule has 4 rings (SSSR count). The summed E-state index contributed by atoms with van der Waals surface area (Å²) >= 11 is 0. The fraction of sp³-hybridized carbons (Fsp3) is 0.286. The topological polar surface area (TPSA) is 54.3 Å². The van der Waals surface area contributed by atoms with Crippen LogP contribution in [0.3, 0.4) is 0 Å². The van der Waals surface area contributed by atoms with Crippen molar-refractivity contribution in [1.82, 2.24) is 19.9 Å². The van der Waals surface area contributed by atoms with Gasteiger partial charge in [0.1, 0.15) is 5.82 Å². The molecule has 1 aliphatic heterocycles. The number of piperazine rings is 1. The SMILES string of the molecule is C[C@@H]1CN(c2ccccc2)CCN1C(=O)c1cn(Cc2ccc(F)cc2)nn1. The van der Waals surface area contributed by atoms with Crippen molar-refractivity contribution in [3.8, 4) is 0 Å². The Kier molecular flexibility index (Phi) is 5.06. The van der Waals surface area contributed by atoms with Gasteiger partial charge in [0.2, 0.25) is 0 Å². The summed E-state index contributed by atoms with van der Waals surface area (Å²) in [6.07, 6.45) is 1.65. The summed E-state index contributed by atoms with van der Waals surface area (Å²) in [5.74, 6) is -0.382. The molecular formula is C21H22FN5O. The molecule has 0 aliphatic carbocycles. The van der Waals surface area contributed by atoms with E-state index in [1.165, 1.54) is 17.8 Å². The van der Waals surface area contributed by atoms with Crippen molar-refractivity contribution in [2.45, 2.75) is 19.5 Å². The molecule has 0 radical (unpaired) electrons. The van der Waals surface area contributed by atoms with E-state index in [1.54, 1.807) is 23.0 Å². The van der Waals surface area contributed by atoms with Crippen LogP contribution in [0.5, 0.6) is 0 Å². The van der Waals surface area contributed by atoms with Crippen LogP contribution in [0.15, 0.2) is 60.8 Å². The number of rotatable bonds is 4. The number of hydrogen-bond acceptors (Lipinski definition) is 4. The van der Waals surface area contributed by atoms with Gasteiger partial charge in [-0.05, 0) is 36.8 Å². The molecule has 1 atom stereocenters. The van der Waals surface area contributed by atoms with Gasteiger partial charge in [-0.15, -0.1) is 5.10 Å². The molecule has 1 saturated heterocycles. The monoisotopic (exact) mass is 379 g/mol. The molecule has 0 bridgehead atoms. The number of amides is 1. The summed E-state index contributed by atoms with van der Waals surface area (Å²) in [7, 11) is 0. The van der Waals surface area contributed by atoms with E-state index in [0.717, 1.165) is 18.7 Å². The fourth-order valence-electron chi connectivity index (χ4n) is 3.53. The van der Waals surface area contributed by atoms with E-state index in [9.17, 15) is 9.18 Å². The van der Waals surface area contributed by atoms with E-state index in [1.807, 2.05) is 23.1 Å². The lowest BCUT2D eigenvalue weighted by Gasteiger charge is -2.40. The lowest BCUT2D eigenvalue weighted by Crippen LogP contribution is -2.54. The Morgan fingerprint density at radius 2 is 1.86 bits per heavy atom. The van der Waals surface area contributed by atoms with Crippen LogP contribution in [0.25, 0.3) is 0 Å². The standard InChI is InChI=1S/C21H22FN5O/c1-16-13-25(19-5-3-2-4-6-19)11-12-27(16)21(28)20-15-26(24-23-20)14-17-7-9-18(22)10-8-17/h2-10,15-16H,11-14H2,1H3/t16-/m1/s1. The Bertz CT molecular complexity index is 941. The van der Waals surface area contributed by atoms with E-state index >= 15 is 0 Å². The zero-order chi connectivity index (χ0) is 19.5. The van der Waals surface area contributed by atoms with Gasteiger partial charge in [0.05, 0.1) is 12.7 Å². The summed E-state index contributed by atoms with van der Waals surface area (Å²) in [5, 5.41) is 8.10. The summed E-state index contributed by atoms with van der Waals surface area (Å²) in [6, 6.07) is 16.5. The first-order valence-electron chi connectivity index (χ1n) is 9.36. The van der Waals surface area contributed by atoms with Crippen molar-refractivity contribution in [1.29, 1.82) is 0 Å². The molecule has 2 heterocycles. The zero-order valence-electron chi connectivity index (χ0n) is 15.7. The average Bonchev–Trinajstić information content (AvgIpc) is 3.18. The van der Waals surface area contributed by atoms with Gasteiger partial charge in [-0.25, -0.2) is 9.07 Å².